The Morgan fingerprint density at radius 1 is 0.635 bits per heavy atom. The van der Waals surface area contributed by atoms with Gasteiger partial charge in [-0.2, -0.15) is 0 Å². The van der Waals surface area contributed by atoms with Gasteiger partial charge in [0.15, 0.2) is 46.0 Å². The molecule has 52 heavy (non-hydrogen) atoms. The number of aliphatic carboxylic acids is 2. The van der Waals surface area contributed by atoms with Gasteiger partial charge in [0.2, 0.25) is 12.2 Å². The molecular formula is C36H30O16. The molecule has 0 radical (unpaired) electrons. The van der Waals surface area contributed by atoms with Crippen LogP contribution in [0.5, 0.6) is 46.0 Å². The molecule has 0 bridgehead atoms. The maximum Gasteiger partial charge on any atom is 0.345 e. The van der Waals surface area contributed by atoms with E-state index in [-0.39, 0.29) is 40.0 Å². The molecule has 16 nitrogen and oxygen atoms in total. The van der Waals surface area contributed by atoms with E-state index in [0.29, 0.717) is 0 Å². The zero-order valence-electron chi connectivity index (χ0n) is 26.6. The van der Waals surface area contributed by atoms with Crippen molar-refractivity contribution >= 4 is 30.0 Å². The Bertz CT molecular complexity index is 2090. The highest BCUT2D eigenvalue weighted by Gasteiger charge is 2.46. The SMILES string of the molecule is O=C(/C=C/c1ccc(O)c2c1C(C(=O)O[C@H](Cc1ccc(O)c(O)c1)C(=O)O)C(c1ccc(O)c(O)c1)O2)O[C@H](Cc1ccc(O)c(O)c1)C(=O)O. The van der Waals surface area contributed by atoms with Gasteiger partial charge in [0.1, 0.15) is 12.0 Å². The van der Waals surface area contributed by atoms with Crippen LogP contribution in [0.2, 0.25) is 0 Å². The number of esters is 2. The summed E-state index contributed by atoms with van der Waals surface area (Å²) in [7, 11) is 0. The molecule has 0 fully saturated rings. The molecule has 1 heterocycles. The molecule has 0 saturated carbocycles. The molecule has 4 atom stereocenters. The van der Waals surface area contributed by atoms with Crippen molar-refractivity contribution in [3.8, 4) is 46.0 Å². The third-order valence-electron chi connectivity index (χ3n) is 8.04. The molecule has 1 aliphatic rings. The molecule has 4 aromatic carbocycles. The third kappa shape index (κ3) is 7.86. The lowest BCUT2D eigenvalue weighted by molar-refractivity contribution is -0.166. The van der Waals surface area contributed by atoms with Crippen molar-refractivity contribution in [2.24, 2.45) is 0 Å². The number of fused-ring (bicyclic) bond motifs is 1. The fourth-order valence-corrected chi connectivity index (χ4v) is 5.49. The zero-order chi connectivity index (χ0) is 37.9. The van der Waals surface area contributed by atoms with Crippen molar-refractivity contribution in [1.29, 1.82) is 0 Å². The number of benzene rings is 4. The first kappa shape index (κ1) is 36.2. The van der Waals surface area contributed by atoms with E-state index in [0.717, 1.165) is 54.6 Å². The maximum absolute atomic E-state index is 13.9. The highest BCUT2D eigenvalue weighted by atomic mass is 16.6. The number of ether oxygens (including phenoxy) is 3. The smallest absolute Gasteiger partial charge is 0.345 e. The van der Waals surface area contributed by atoms with Crippen LogP contribution in [0.1, 0.15) is 39.8 Å². The molecule has 9 N–H and O–H groups in total. The molecule has 0 saturated heterocycles. The van der Waals surface area contributed by atoms with E-state index in [4.69, 9.17) is 14.2 Å². The topological polar surface area (TPSA) is 278 Å². The van der Waals surface area contributed by atoms with Crippen molar-refractivity contribution in [2.75, 3.05) is 0 Å². The molecule has 1 aliphatic heterocycles. The van der Waals surface area contributed by atoms with Crippen molar-refractivity contribution in [1.82, 2.24) is 0 Å². The van der Waals surface area contributed by atoms with Crippen LogP contribution in [-0.4, -0.2) is 82.0 Å². The summed E-state index contributed by atoms with van der Waals surface area (Å²) < 4.78 is 16.5. The summed E-state index contributed by atoms with van der Waals surface area (Å²) in [6.07, 6.45) is -3.85. The van der Waals surface area contributed by atoms with Crippen molar-refractivity contribution < 1.29 is 79.3 Å². The van der Waals surface area contributed by atoms with Gasteiger partial charge < -0.3 is 60.2 Å². The Balaban J connectivity index is 1.47. The van der Waals surface area contributed by atoms with Gasteiger partial charge in [0.25, 0.3) is 0 Å². The average Bonchev–Trinajstić information content (AvgIpc) is 3.50. The molecule has 2 unspecified atom stereocenters. The lowest BCUT2D eigenvalue weighted by Crippen LogP contribution is -2.33. The first-order chi connectivity index (χ1) is 24.6. The quantitative estimate of drug-likeness (QED) is 0.0577. The number of hydrogen-bond donors (Lipinski definition) is 9. The standard InChI is InChI=1S/C36H30O16/c37-20-6-1-16(11-24(20)41)13-27(34(45)46)50-29(44)10-5-18-3-9-23(40)33-30(18)31(32(52-33)19-4-8-22(39)26(43)15-19)36(49)51-28(35(47)48)14-17-2-7-21(38)25(42)12-17/h1-12,15,27-28,31-32,37-43H,13-14H2,(H,45,46)(H,47,48)/b10-5+/t27-,28-,31?,32?/m1/s1. The first-order valence-electron chi connectivity index (χ1n) is 15.2. The van der Waals surface area contributed by atoms with E-state index in [1.165, 1.54) is 24.3 Å². The van der Waals surface area contributed by atoms with E-state index in [2.05, 4.69) is 0 Å². The van der Waals surface area contributed by atoms with Crippen LogP contribution in [-0.2, 0) is 41.5 Å². The monoisotopic (exact) mass is 718 g/mol. The van der Waals surface area contributed by atoms with E-state index in [1.54, 1.807) is 0 Å². The number of aromatic hydroxyl groups is 7. The van der Waals surface area contributed by atoms with Gasteiger partial charge in [-0.3, -0.25) is 4.79 Å². The molecule has 0 spiro atoms. The molecule has 4 aromatic rings. The number of rotatable bonds is 12. The lowest BCUT2D eigenvalue weighted by Gasteiger charge is -2.22. The normalized spacial score (nSPS) is 16.0. The molecule has 16 heteroatoms. The zero-order valence-corrected chi connectivity index (χ0v) is 26.6. The van der Waals surface area contributed by atoms with Crippen LogP contribution in [0.15, 0.2) is 72.8 Å². The number of phenols is 7. The Morgan fingerprint density at radius 2 is 1.13 bits per heavy atom. The van der Waals surface area contributed by atoms with Crippen molar-refractivity contribution in [3.63, 3.8) is 0 Å². The van der Waals surface area contributed by atoms with Gasteiger partial charge >= 0.3 is 23.9 Å². The number of carboxylic acids is 2. The minimum Gasteiger partial charge on any atom is -0.504 e. The van der Waals surface area contributed by atoms with Crippen LogP contribution in [0.3, 0.4) is 0 Å². The number of carbonyl (C=O) groups excluding carboxylic acids is 2. The second-order valence-corrected chi connectivity index (χ2v) is 11.6. The van der Waals surface area contributed by atoms with Crippen LogP contribution in [0.25, 0.3) is 6.08 Å². The van der Waals surface area contributed by atoms with Crippen molar-refractivity contribution in [2.45, 2.75) is 37.1 Å². The van der Waals surface area contributed by atoms with Crippen LogP contribution in [0.4, 0.5) is 0 Å². The highest BCUT2D eigenvalue weighted by Crippen LogP contribution is 2.53. The van der Waals surface area contributed by atoms with E-state index >= 15 is 0 Å². The first-order valence-corrected chi connectivity index (χ1v) is 15.2. The van der Waals surface area contributed by atoms with Gasteiger partial charge in [0.05, 0.1) is 0 Å². The Kier molecular flexibility index (Phi) is 10.3. The Hall–Kier alpha value is -7.10. The van der Waals surface area contributed by atoms with Crippen LogP contribution in [0, 0.1) is 0 Å². The van der Waals surface area contributed by atoms with Gasteiger partial charge in [-0.25, -0.2) is 14.4 Å². The fourth-order valence-electron chi connectivity index (χ4n) is 5.49. The van der Waals surface area contributed by atoms with Gasteiger partial charge in [-0.1, -0.05) is 24.3 Å². The van der Waals surface area contributed by atoms with Crippen LogP contribution < -0.4 is 4.74 Å². The predicted octanol–water partition coefficient (Wildman–Crippen LogP) is 3.33. The van der Waals surface area contributed by atoms with E-state index < -0.39 is 94.8 Å². The highest BCUT2D eigenvalue weighted by molar-refractivity contribution is 5.92. The minimum absolute atomic E-state index is 0.0443. The van der Waals surface area contributed by atoms with Gasteiger partial charge in [0, 0.05) is 24.5 Å². The largest absolute Gasteiger partial charge is 0.504 e. The van der Waals surface area contributed by atoms with Gasteiger partial charge in [-0.05, 0) is 70.8 Å². The molecule has 0 aromatic heterocycles. The number of phenolic OH excluding ortho intramolecular Hbond substituents is 7. The summed E-state index contributed by atoms with van der Waals surface area (Å²) in [6, 6.07) is 13.0. The molecule has 0 aliphatic carbocycles. The second-order valence-electron chi connectivity index (χ2n) is 11.6. The number of hydrogen-bond acceptors (Lipinski definition) is 14. The molecule has 270 valence electrons. The van der Waals surface area contributed by atoms with E-state index in [1.807, 2.05) is 0 Å². The van der Waals surface area contributed by atoms with Crippen molar-refractivity contribution in [3.05, 3.63) is 101 Å². The predicted molar refractivity (Wildman–Crippen MR) is 175 cm³/mol. The summed E-state index contributed by atoms with van der Waals surface area (Å²) in [5.74, 6) is -10.8. The summed E-state index contributed by atoms with van der Waals surface area (Å²) in [4.78, 5) is 50.9. The summed E-state index contributed by atoms with van der Waals surface area (Å²) in [5, 5.41) is 89.1. The fraction of sp³-hybridized carbons (Fsp3) is 0.167. The third-order valence-corrected chi connectivity index (χ3v) is 8.04. The van der Waals surface area contributed by atoms with Gasteiger partial charge in [-0.15, -0.1) is 0 Å². The summed E-state index contributed by atoms with van der Waals surface area (Å²) >= 11 is 0. The molecule has 0 amide bonds. The second kappa shape index (κ2) is 14.8. The minimum atomic E-state index is -1.84. The van der Waals surface area contributed by atoms with E-state index in [9.17, 15) is 65.1 Å². The van der Waals surface area contributed by atoms with Crippen LogP contribution >= 0.6 is 0 Å². The maximum atomic E-state index is 13.9. The summed E-state index contributed by atoms with van der Waals surface area (Å²) in [6.45, 7) is 0. The Labute approximate surface area is 292 Å². The Morgan fingerprint density at radius 3 is 1.65 bits per heavy atom. The summed E-state index contributed by atoms with van der Waals surface area (Å²) in [5.41, 5.74) is 0.445. The average molecular weight is 719 g/mol. The molecular weight excluding hydrogens is 688 g/mol. The number of carbonyl (C=O) groups is 4. The lowest BCUT2D eigenvalue weighted by atomic mass is 9.87. The number of carboxylic acid groups (broad SMARTS) is 2. The molecule has 5 rings (SSSR count).